The van der Waals surface area contributed by atoms with E-state index in [0.717, 1.165) is 30.3 Å². The largest absolute Gasteiger partial charge is 0.481 e. The molecular weight excluding hydrogens is 467 g/mol. The molecule has 4 aromatic rings. The third kappa shape index (κ3) is 5.04. The number of carbonyl (C=O) groups is 1. The molecule has 1 aromatic heterocycles. The van der Waals surface area contributed by atoms with Crippen LogP contribution in [-0.4, -0.2) is 38.6 Å². The maximum absolute atomic E-state index is 13.9. The number of imidazole rings is 1. The highest BCUT2D eigenvalue weighted by molar-refractivity contribution is 5.73. The van der Waals surface area contributed by atoms with E-state index in [1.54, 1.807) is 48.9 Å². The first-order valence-corrected chi connectivity index (χ1v) is 11.7. The van der Waals surface area contributed by atoms with Crippen LogP contribution in [0.4, 0.5) is 13.2 Å². The van der Waals surface area contributed by atoms with Gasteiger partial charge < -0.3 is 9.67 Å². The van der Waals surface area contributed by atoms with Gasteiger partial charge in [0.05, 0.1) is 24.0 Å². The van der Waals surface area contributed by atoms with E-state index >= 15 is 0 Å². The third-order valence-electron chi connectivity index (χ3n) is 6.51. The minimum atomic E-state index is -4.50. The van der Waals surface area contributed by atoms with Crippen molar-refractivity contribution in [2.45, 2.75) is 25.6 Å². The number of halogens is 3. The Morgan fingerprint density at radius 2 is 1.78 bits per heavy atom. The smallest absolute Gasteiger partial charge is 0.417 e. The maximum atomic E-state index is 13.9. The Balaban J connectivity index is 1.40. The Morgan fingerprint density at radius 3 is 2.53 bits per heavy atom. The van der Waals surface area contributed by atoms with Gasteiger partial charge in [-0.2, -0.15) is 13.2 Å². The fourth-order valence-electron chi connectivity index (χ4n) is 4.62. The average Bonchev–Trinajstić information content (AvgIpc) is 3.37. The standard InChI is InChI=1S/C28H24F3N3O2/c29-28(30,31)25-15-21(7-9-24(25)19-4-2-1-3-5-19)26-17-34(18-32-26)23-8-6-22-16-33(13-11-27(35)36)12-10-20(22)14-23/h1-9,14-15,17-18H,10-13,16H2,(H,35,36). The first-order valence-electron chi connectivity index (χ1n) is 11.7. The molecule has 0 unspecified atom stereocenters. The van der Waals surface area contributed by atoms with E-state index in [1.807, 2.05) is 16.7 Å². The van der Waals surface area contributed by atoms with Gasteiger partial charge in [-0.05, 0) is 46.9 Å². The van der Waals surface area contributed by atoms with Gasteiger partial charge in [0, 0.05) is 37.1 Å². The molecule has 5 rings (SSSR count). The van der Waals surface area contributed by atoms with Gasteiger partial charge in [0.25, 0.3) is 0 Å². The zero-order chi connectivity index (χ0) is 25.3. The van der Waals surface area contributed by atoms with Gasteiger partial charge in [-0.1, -0.05) is 48.5 Å². The highest BCUT2D eigenvalue weighted by Crippen LogP contribution is 2.39. The van der Waals surface area contributed by atoms with E-state index in [0.29, 0.717) is 29.9 Å². The predicted molar refractivity (Wildman–Crippen MR) is 131 cm³/mol. The molecule has 0 spiro atoms. The van der Waals surface area contributed by atoms with E-state index in [-0.39, 0.29) is 12.0 Å². The lowest BCUT2D eigenvalue weighted by Gasteiger charge is -2.28. The number of aliphatic carboxylic acids is 1. The molecule has 1 aliphatic rings. The van der Waals surface area contributed by atoms with Crippen LogP contribution in [0.25, 0.3) is 28.1 Å². The van der Waals surface area contributed by atoms with Crippen LogP contribution in [0.3, 0.4) is 0 Å². The number of carboxylic acid groups (broad SMARTS) is 1. The van der Waals surface area contributed by atoms with Crippen molar-refractivity contribution in [3.8, 4) is 28.1 Å². The Hall–Kier alpha value is -3.91. The van der Waals surface area contributed by atoms with Crippen molar-refractivity contribution in [2.24, 2.45) is 0 Å². The fourth-order valence-corrected chi connectivity index (χ4v) is 4.62. The number of carboxylic acids is 1. The molecule has 5 nitrogen and oxygen atoms in total. The predicted octanol–water partition coefficient (Wildman–Crippen LogP) is 6.06. The molecule has 0 saturated carbocycles. The van der Waals surface area contributed by atoms with Gasteiger partial charge in [-0.25, -0.2) is 4.98 Å². The number of benzene rings is 3. The second kappa shape index (κ2) is 9.62. The number of alkyl halides is 3. The van der Waals surface area contributed by atoms with Gasteiger partial charge >= 0.3 is 12.1 Å². The van der Waals surface area contributed by atoms with Crippen LogP contribution >= 0.6 is 0 Å². The summed E-state index contributed by atoms with van der Waals surface area (Å²) in [6.45, 7) is 2.00. The summed E-state index contributed by atoms with van der Waals surface area (Å²) in [4.78, 5) is 17.4. The normalized spacial score (nSPS) is 14.0. The molecule has 1 N–H and O–H groups in total. The Kier molecular flexibility index (Phi) is 6.36. The monoisotopic (exact) mass is 491 g/mol. The molecule has 8 heteroatoms. The van der Waals surface area contributed by atoms with Crippen LogP contribution in [0.15, 0.2) is 79.3 Å². The lowest BCUT2D eigenvalue weighted by Crippen LogP contribution is -2.32. The summed E-state index contributed by atoms with van der Waals surface area (Å²) < 4.78 is 43.6. The number of nitrogens with zero attached hydrogens (tertiary/aromatic N) is 3. The summed E-state index contributed by atoms with van der Waals surface area (Å²) in [5.41, 5.74) is 4.02. The van der Waals surface area contributed by atoms with Gasteiger partial charge in [0.15, 0.2) is 0 Å². The van der Waals surface area contributed by atoms with E-state index in [9.17, 15) is 18.0 Å². The van der Waals surface area contributed by atoms with Gasteiger partial charge in [-0.3, -0.25) is 9.69 Å². The average molecular weight is 492 g/mol. The van der Waals surface area contributed by atoms with Crippen molar-refractivity contribution in [1.29, 1.82) is 0 Å². The second-order valence-electron chi connectivity index (χ2n) is 8.91. The maximum Gasteiger partial charge on any atom is 0.417 e. The topological polar surface area (TPSA) is 58.4 Å². The van der Waals surface area contributed by atoms with E-state index in [2.05, 4.69) is 16.0 Å². The van der Waals surface area contributed by atoms with Crippen LogP contribution in [0.5, 0.6) is 0 Å². The Labute approximate surface area is 206 Å². The summed E-state index contributed by atoms with van der Waals surface area (Å²) in [5.74, 6) is -0.802. The second-order valence-corrected chi connectivity index (χ2v) is 8.91. The summed E-state index contributed by atoms with van der Waals surface area (Å²) in [5, 5.41) is 8.92. The summed E-state index contributed by atoms with van der Waals surface area (Å²) in [6, 6.07) is 18.9. The van der Waals surface area contributed by atoms with Crippen molar-refractivity contribution in [3.63, 3.8) is 0 Å². The number of hydrogen-bond acceptors (Lipinski definition) is 3. The van der Waals surface area contributed by atoms with Gasteiger partial charge in [0.2, 0.25) is 0 Å². The minimum Gasteiger partial charge on any atom is -0.481 e. The number of fused-ring (bicyclic) bond motifs is 1. The summed E-state index contributed by atoms with van der Waals surface area (Å²) in [7, 11) is 0. The molecule has 0 atom stereocenters. The molecule has 0 fully saturated rings. The Bertz CT molecular complexity index is 1400. The number of rotatable bonds is 6. The third-order valence-corrected chi connectivity index (χ3v) is 6.51. The van der Waals surface area contributed by atoms with Crippen molar-refractivity contribution in [2.75, 3.05) is 13.1 Å². The quantitative estimate of drug-likeness (QED) is 0.356. The summed E-state index contributed by atoms with van der Waals surface area (Å²) in [6.07, 6.45) is -0.229. The van der Waals surface area contributed by atoms with Crippen LogP contribution < -0.4 is 0 Å². The van der Waals surface area contributed by atoms with Crippen LogP contribution in [0, 0.1) is 0 Å². The van der Waals surface area contributed by atoms with E-state index in [4.69, 9.17) is 5.11 Å². The van der Waals surface area contributed by atoms with Gasteiger partial charge in [-0.15, -0.1) is 0 Å². The van der Waals surface area contributed by atoms with Crippen LogP contribution in [-0.2, 0) is 23.9 Å². The molecule has 2 heterocycles. The molecule has 36 heavy (non-hydrogen) atoms. The molecular formula is C28H24F3N3O2. The fraction of sp³-hybridized carbons (Fsp3) is 0.214. The molecule has 0 bridgehead atoms. The first kappa shape index (κ1) is 23.8. The molecule has 0 radical (unpaired) electrons. The SMILES string of the molecule is O=C(O)CCN1CCc2cc(-n3cnc(-c4ccc(-c5ccccc5)c(C(F)(F)F)c4)c3)ccc2C1. The highest BCUT2D eigenvalue weighted by atomic mass is 19.4. The molecule has 3 aromatic carbocycles. The first-order chi connectivity index (χ1) is 17.3. The Morgan fingerprint density at radius 1 is 0.972 bits per heavy atom. The zero-order valence-electron chi connectivity index (χ0n) is 19.4. The molecule has 184 valence electrons. The van der Waals surface area contributed by atoms with E-state index in [1.165, 1.54) is 11.6 Å². The van der Waals surface area contributed by atoms with Crippen molar-refractivity contribution < 1.29 is 23.1 Å². The van der Waals surface area contributed by atoms with Crippen LogP contribution in [0.1, 0.15) is 23.1 Å². The van der Waals surface area contributed by atoms with Crippen LogP contribution in [0.2, 0.25) is 0 Å². The molecule has 1 aliphatic heterocycles. The molecule has 0 saturated heterocycles. The van der Waals surface area contributed by atoms with Gasteiger partial charge in [0.1, 0.15) is 0 Å². The zero-order valence-corrected chi connectivity index (χ0v) is 19.4. The molecule has 0 aliphatic carbocycles. The number of hydrogen-bond donors (Lipinski definition) is 1. The molecule has 0 amide bonds. The lowest BCUT2D eigenvalue weighted by atomic mass is 9.96. The van der Waals surface area contributed by atoms with Crippen molar-refractivity contribution in [1.82, 2.24) is 14.5 Å². The van der Waals surface area contributed by atoms with E-state index < -0.39 is 17.7 Å². The number of aromatic nitrogens is 2. The summed E-state index contributed by atoms with van der Waals surface area (Å²) >= 11 is 0. The van der Waals surface area contributed by atoms with Crippen molar-refractivity contribution >= 4 is 5.97 Å². The van der Waals surface area contributed by atoms with Crippen molar-refractivity contribution in [3.05, 3.63) is 95.9 Å². The minimum absolute atomic E-state index is 0.119. The lowest BCUT2D eigenvalue weighted by molar-refractivity contribution is -0.138. The highest BCUT2D eigenvalue weighted by Gasteiger charge is 2.34.